The SMILES string of the molecule is Cc1cccc(C(N)Cc2cnn(C)c2)c1C. The lowest BCUT2D eigenvalue weighted by Crippen LogP contribution is -2.14. The molecule has 90 valence electrons. The van der Waals surface area contributed by atoms with Crippen LogP contribution in [-0.2, 0) is 13.5 Å². The topological polar surface area (TPSA) is 43.8 Å². The number of rotatable bonds is 3. The van der Waals surface area contributed by atoms with Gasteiger partial charge in [0.1, 0.15) is 0 Å². The number of aryl methyl sites for hydroxylation is 2. The number of nitrogens with zero attached hydrogens (tertiary/aromatic N) is 2. The van der Waals surface area contributed by atoms with Gasteiger partial charge in [-0.05, 0) is 42.5 Å². The van der Waals surface area contributed by atoms with Crippen LogP contribution in [0.25, 0.3) is 0 Å². The fourth-order valence-electron chi connectivity index (χ4n) is 2.12. The van der Waals surface area contributed by atoms with Gasteiger partial charge < -0.3 is 5.73 Å². The second-order valence-corrected chi connectivity index (χ2v) is 4.62. The Morgan fingerprint density at radius 3 is 2.76 bits per heavy atom. The van der Waals surface area contributed by atoms with Crippen molar-refractivity contribution in [3.8, 4) is 0 Å². The Hall–Kier alpha value is -1.61. The fraction of sp³-hybridized carbons (Fsp3) is 0.357. The molecule has 0 spiro atoms. The predicted molar refractivity (Wildman–Crippen MR) is 69.8 cm³/mol. The van der Waals surface area contributed by atoms with E-state index in [1.54, 1.807) is 0 Å². The lowest BCUT2D eigenvalue weighted by molar-refractivity contribution is 0.713. The Bertz CT molecular complexity index is 514. The van der Waals surface area contributed by atoms with Crippen LogP contribution in [0.15, 0.2) is 30.6 Å². The maximum absolute atomic E-state index is 6.27. The first kappa shape index (κ1) is 11.9. The molecule has 0 bridgehead atoms. The molecule has 2 rings (SSSR count). The summed E-state index contributed by atoms with van der Waals surface area (Å²) in [5.41, 5.74) is 11.3. The summed E-state index contributed by atoms with van der Waals surface area (Å²) >= 11 is 0. The van der Waals surface area contributed by atoms with E-state index in [2.05, 4.69) is 37.1 Å². The van der Waals surface area contributed by atoms with Crippen molar-refractivity contribution in [2.75, 3.05) is 0 Å². The molecule has 17 heavy (non-hydrogen) atoms. The van der Waals surface area contributed by atoms with Gasteiger partial charge in [-0.1, -0.05) is 18.2 Å². The number of hydrogen-bond donors (Lipinski definition) is 1. The summed E-state index contributed by atoms with van der Waals surface area (Å²) in [6, 6.07) is 6.35. The molecule has 0 aliphatic heterocycles. The average Bonchev–Trinajstić information content (AvgIpc) is 2.68. The van der Waals surface area contributed by atoms with Crippen molar-refractivity contribution in [3.05, 3.63) is 52.8 Å². The van der Waals surface area contributed by atoms with Gasteiger partial charge >= 0.3 is 0 Å². The Labute approximate surface area is 102 Å². The summed E-state index contributed by atoms with van der Waals surface area (Å²) in [5.74, 6) is 0. The zero-order valence-electron chi connectivity index (χ0n) is 10.6. The molecule has 0 radical (unpaired) electrons. The second-order valence-electron chi connectivity index (χ2n) is 4.62. The summed E-state index contributed by atoms with van der Waals surface area (Å²) in [4.78, 5) is 0. The lowest BCUT2D eigenvalue weighted by atomic mass is 9.95. The number of nitrogens with two attached hydrogens (primary N) is 1. The largest absolute Gasteiger partial charge is 0.324 e. The van der Waals surface area contributed by atoms with E-state index < -0.39 is 0 Å². The van der Waals surface area contributed by atoms with Gasteiger partial charge in [0.2, 0.25) is 0 Å². The van der Waals surface area contributed by atoms with Crippen LogP contribution in [0.5, 0.6) is 0 Å². The third-order valence-electron chi connectivity index (χ3n) is 3.26. The maximum Gasteiger partial charge on any atom is 0.0522 e. The monoisotopic (exact) mass is 229 g/mol. The van der Waals surface area contributed by atoms with Crippen molar-refractivity contribution in [1.82, 2.24) is 9.78 Å². The summed E-state index contributed by atoms with van der Waals surface area (Å²) in [6.45, 7) is 4.25. The molecule has 0 saturated carbocycles. The van der Waals surface area contributed by atoms with Crippen molar-refractivity contribution in [2.24, 2.45) is 12.8 Å². The van der Waals surface area contributed by atoms with Crippen LogP contribution >= 0.6 is 0 Å². The molecule has 0 aliphatic carbocycles. The molecule has 1 aromatic heterocycles. The molecular weight excluding hydrogens is 210 g/mol. The Morgan fingerprint density at radius 2 is 2.12 bits per heavy atom. The summed E-state index contributed by atoms with van der Waals surface area (Å²) in [5, 5.41) is 4.16. The highest BCUT2D eigenvalue weighted by atomic mass is 15.2. The third kappa shape index (κ3) is 2.56. The van der Waals surface area contributed by atoms with Crippen molar-refractivity contribution >= 4 is 0 Å². The molecule has 2 N–H and O–H groups in total. The highest BCUT2D eigenvalue weighted by Crippen LogP contribution is 2.21. The lowest BCUT2D eigenvalue weighted by Gasteiger charge is -2.15. The molecule has 0 amide bonds. The number of aromatic nitrogens is 2. The smallest absolute Gasteiger partial charge is 0.0522 e. The Morgan fingerprint density at radius 1 is 1.35 bits per heavy atom. The van der Waals surface area contributed by atoms with Crippen LogP contribution < -0.4 is 5.73 Å². The standard InChI is InChI=1S/C14H19N3/c1-10-5-4-6-13(11(10)2)14(15)7-12-8-16-17(3)9-12/h4-6,8-9,14H,7,15H2,1-3H3. The van der Waals surface area contributed by atoms with E-state index in [9.17, 15) is 0 Å². The Balaban J connectivity index is 2.20. The fourth-order valence-corrected chi connectivity index (χ4v) is 2.12. The molecule has 3 nitrogen and oxygen atoms in total. The minimum Gasteiger partial charge on any atom is -0.324 e. The van der Waals surface area contributed by atoms with E-state index in [-0.39, 0.29) is 6.04 Å². The van der Waals surface area contributed by atoms with Crippen LogP contribution in [0.1, 0.15) is 28.3 Å². The van der Waals surface area contributed by atoms with Crippen LogP contribution in [0.2, 0.25) is 0 Å². The highest BCUT2D eigenvalue weighted by Gasteiger charge is 2.11. The van der Waals surface area contributed by atoms with E-state index in [0.717, 1.165) is 6.42 Å². The van der Waals surface area contributed by atoms with Gasteiger partial charge in [0.25, 0.3) is 0 Å². The van der Waals surface area contributed by atoms with Gasteiger partial charge in [-0.15, -0.1) is 0 Å². The van der Waals surface area contributed by atoms with Gasteiger partial charge in [0, 0.05) is 19.3 Å². The molecule has 0 saturated heterocycles. The van der Waals surface area contributed by atoms with Gasteiger partial charge in [-0.3, -0.25) is 4.68 Å². The first-order valence-electron chi connectivity index (χ1n) is 5.87. The summed E-state index contributed by atoms with van der Waals surface area (Å²) < 4.78 is 1.81. The van der Waals surface area contributed by atoms with Crippen LogP contribution in [0.3, 0.4) is 0 Å². The first-order chi connectivity index (χ1) is 8.08. The van der Waals surface area contributed by atoms with E-state index in [4.69, 9.17) is 5.73 Å². The Kier molecular flexibility index (Phi) is 3.29. The molecule has 1 heterocycles. The molecule has 1 atom stereocenters. The predicted octanol–water partition coefficient (Wildman–Crippen LogP) is 2.28. The molecule has 0 aliphatic rings. The van der Waals surface area contributed by atoms with Crippen molar-refractivity contribution in [2.45, 2.75) is 26.3 Å². The van der Waals surface area contributed by atoms with E-state index in [1.807, 2.05) is 24.1 Å². The van der Waals surface area contributed by atoms with Crippen molar-refractivity contribution in [1.29, 1.82) is 0 Å². The number of benzene rings is 1. The number of hydrogen-bond acceptors (Lipinski definition) is 2. The van der Waals surface area contributed by atoms with Crippen LogP contribution in [-0.4, -0.2) is 9.78 Å². The molecule has 0 fully saturated rings. The van der Waals surface area contributed by atoms with Gasteiger partial charge in [0.05, 0.1) is 6.20 Å². The van der Waals surface area contributed by atoms with Gasteiger partial charge in [0.15, 0.2) is 0 Å². The summed E-state index contributed by atoms with van der Waals surface area (Å²) in [7, 11) is 1.92. The molecule has 3 heteroatoms. The van der Waals surface area contributed by atoms with Crippen molar-refractivity contribution < 1.29 is 0 Å². The highest BCUT2D eigenvalue weighted by molar-refractivity contribution is 5.35. The van der Waals surface area contributed by atoms with E-state index in [1.165, 1.54) is 22.3 Å². The first-order valence-corrected chi connectivity index (χ1v) is 5.87. The van der Waals surface area contributed by atoms with E-state index >= 15 is 0 Å². The van der Waals surface area contributed by atoms with Crippen LogP contribution in [0.4, 0.5) is 0 Å². The molecular formula is C14H19N3. The zero-order valence-corrected chi connectivity index (χ0v) is 10.6. The molecule has 1 aromatic carbocycles. The van der Waals surface area contributed by atoms with Crippen molar-refractivity contribution in [3.63, 3.8) is 0 Å². The summed E-state index contributed by atoms with van der Waals surface area (Å²) in [6.07, 6.45) is 4.73. The van der Waals surface area contributed by atoms with Gasteiger partial charge in [-0.25, -0.2) is 0 Å². The van der Waals surface area contributed by atoms with Gasteiger partial charge in [-0.2, -0.15) is 5.10 Å². The normalized spacial score (nSPS) is 12.7. The molecule has 1 unspecified atom stereocenters. The third-order valence-corrected chi connectivity index (χ3v) is 3.26. The second kappa shape index (κ2) is 4.72. The van der Waals surface area contributed by atoms with Crippen LogP contribution in [0, 0.1) is 13.8 Å². The maximum atomic E-state index is 6.27. The average molecular weight is 229 g/mol. The molecule has 2 aromatic rings. The van der Waals surface area contributed by atoms with E-state index in [0.29, 0.717) is 0 Å². The minimum atomic E-state index is 0.0408. The zero-order chi connectivity index (χ0) is 12.4. The minimum absolute atomic E-state index is 0.0408. The quantitative estimate of drug-likeness (QED) is 0.877.